The Morgan fingerprint density at radius 3 is 2.78 bits per heavy atom. The van der Waals surface area contributed by atoms with Gasteiger partial charge in [0, 0.05) is 12.0 Å². The lowest BCUT2D eigenvalue weighted by Crippen LogP contribution is -2.57. The summed E-state index contributed by atoms with van der Waals surface area (Å²) in [6, 6.07) is 4.31. The predicted octanol–water partition coefficient (Wildman–Crippen LogP) is 0.931. The van der Waals surface area contributed by atoms with Crippen LogP contribution < -0.4 is 0 Å². The predicted molar refractivity (Wildman–Crippen MR) is 74.5 cm³/mol. The van der Waals surface area contributed by atoms with Crippen molar-refractivity contribution in [3.8, 4) is 5.75 Å². The van der Waals surface area contributed by atoms with Gasteiger partial charge in [-0.15, -0.1) is 0 Å². The highest BCUT2D eigenvalue weighted by Gasteiger charge is 2.85. The Balaban J connectivity index is 1.83. The lowest BCUT2D eigenvalue weighted by molar-refractivity contribution is -0.143. The fourth-order valence-corrected chi connectivity index (χ4v) is 4.02. The van der Waals surface area contributed by atoms with Gasteiger partial charge in [-0.2, -0.15) is 0 Å². The van der Waals surface area contributed by atoms with Crippen LogP contribution in [-0.2, 0) is 14.3 Å². The molecule has 0 spiro atoms. The number of benzene rings is 1. The average molecular weight is 318 g/mol. The topological polar surface area (TPSA) is 113 Å². The Kier molecular flexibility index (Phi) is 2.61. The Morgan fingerprint density at radius 2 is 2.09 bits per heavy atom. The van der Waals surface area contributed by atoms with Crippen molar-refractivity contribution in [2.24, 2.45) is 0 Å². The van der Waals surface area contributed by atoms with Gasteiger partial charge in [0.1, 0.15) is 5.75 Å². The molecule has 2 heterocycles. The molecule has 23 heavy (non-hydrogen) atoms. The van der Waals surface area contributed by atoms with Gasteiger partial charge in [-0.3, -0.25) is 14.4 Å². The van der Waals surface area contributed by atoms with E-state index in [1.807, 2.05) is 0 Å². The fraction of sp³-hybridized carbons (Fsp3) is 0.438. The summed E-state index contributed by atoms with van der Waals surface area (Å²) in [6.45, 7) is 1.59. The number of Topliss-reactive ketones (excluding diaryl/α,β-unsaturated/α-hetero) is 2. The van der Waals surface area contributed by atoms with Gasteiger partial charge in [0.15, 0.2) is 17.0 Å². The summed E-state index contributed by atoms with van der Waals surface area (Å²) in [5.74, 6) is -2.18. The molecule has 1 aromatic rings. The highest BCUT2D eigenvalue weighted by molar-refractivity contribution is 6.26. The van der Waals surface area contributed by atoms with Crippen molar-refractivity contribution >= 4 is 17.5 Å². The van der Waals surface area contributed by atoms with Gasteiger partial charge in [-0.05, 0) is 13.0 Å². The third-order valence-corrected chi connectivity index (χ3v) is 5.00. The Morgan fingerprint density at radius 1 is 1.35 bits per heavy atom. The maximum Gasteiger partial charge on any atom is 0.305 e. The zero-order chi connectivity index (χ0) is 16.6. The van der Waals surface area contributed by atoms with Gasteiger partial charge >= 0.3 is 5.97 Å². The third kappa shape index (κ3) is 1.53. The minimum absolute atomic E-state index is 0.0172. The van der Waals surface area contributed by atoms with Gasteiger partial charge in [-0.1, -0.05) is 12.1 Å². The van der Waals surface area contributed by atoms with Crippen LogP contribution in [0.15, 0.2) is 18.2 Å². The number of ether oxygens (including phenoxy) is 2. The second-order valence-electron chi connectivity index (χ2n) is 6.22. The minimum atomic E-state index is -1.45. The van der Waals surface area contributed by atoms with E-state index < -0.39 is 40.9 Å². The smallest absolute Gasteiger partial charge is 0.305 e. The van der Waals surface area contributed by atoms with Crippen molar-refractivity contribution in [3.63, 3.8) is 0 Å². The lowest BCUT2D eigenvalue weighted by Gasteiger charge is -2.36. The van der Waals surface area contributed by atoms with Crippen molar-refractivity contribution in [1.29, 1.82) is 0 Å². The Labute approximate surface area is 130 Å². The second kappa shape index (κ2) is 4.18. The molecule has 120 valence electrons. The highest BCUT2D eigenvalue weighted by Crippen LogP contribution is 2.63. The van der Waals surface area contributed by atoms with Crippen molar-refractivity contribution in [2.75, 3.05) is 0 Å². The first-order valence-corrected chi connectivity index (χ1v) is 7.32. The van der Waals surface area contributed by atoms with E-state index in [1.165, 1.54) is 18.2 Å². The monoisotopic (exact) mass is 318 g/mol. The Hall–Kier alpha value is -2.25. The molecule has 0 aromatic heterocycles. The number of epoxide rings is 1. The number of carbonyl (C=O) groups excluding carboxylic acids is 2. The van der Waals surface area contributed by atoms with Crippen LogP contribution in [0.5, 0.6) is 5.75 Å². The molecule has 0 radical (unpaired) electrons. The molecule has 1 aromatic carbocycles. The number of aliphatic carboxylic acids is 1. The van der Waals surface area contributed by atoms with E-state index in [1.54, 1.807) is 6.92 Å². The van der Waals surface area contributed by atoms with E-state index in [0.29, 0.717) is 0 Å². The van der Waals surface area contributed by atoms with Crippen LogP contribution >= 0.6 is 0 Å². The summed E-state index contributed by atoms with van der Waals surface area (Å²) in [5.41, 5.74) is -2.75. The number of fused-ring (bicyclic) bond motifs is 1. The van der Waals surface area contributed by atoms with Crippen LogP contribution in [0.4, 0.5) is 0 Å². The van der Waals surface area contributed by atoms with E-state index in [4.69, 9.17) is 14.6 Å². The molecule has 7 nitrogen and oxygen atoms in total. The van der Waals surface area contributed by atoms with Gasteiger partial charge in [0.2, 0.25) is 5.78 Å². The third-order valence-electron chi connectivity index (χ3n) is 5.00. The quantitative estimate of drug-likeness (QED) is 0.780. The first-order chi connectivity index (χ1) is 10.8. The molecule has 4 atom stereocenters. The summed E-state index contributed by atoms with van der Waals surface area (Å²) in [5, 5.41) is 18.9. The van der Waals surface area contributed by atoms with Gasteiger partial charge in [0.05, 0.1) is 24.2 Å². The summed E-state index contributed by atoms with van der Waals surface area (Å²) < 4.78 is 11.3. The number of phenols is 1. The normalized spacial score (nSPS) is 37.6. The van der Waals surface area contributed by atoms with Gasteiger partial charge < -0.3 is 19.7 Å². The van der Waals surface area contributed by atoms with Crippen molar-refractivity contribution < 1.29 is 34.1 Å². The number of rotatable bonds is 2. The zero-order valence-corrected chi connectivity index (χ0v) is 12.2. The molecule has 4 rings (SSSR count). The summed E-state index contributed by atoms with van der Waals surface area (Å²) in [4.78, 5) is 36.7. The first kappa shape index (κ1) is 14.3. The van der Waals surface area contributed by atoms with Crippen molar-refractivity contribution in [2.45, 2.75) is 43.2 Å². The summed E-state index contributed by atoms with van der Waals surface area (Å²) in [7, 11) is 0. The van der Waals surface area contributed by atoms with Gasteiger partial charge in [-0.25, -0.2) is 0 Å². The second-order valence-corrected chi connectivity index (χ2v) is 6.22. The van der Waals surface area contributed by atoms with Crippen molar-refractivity contribution in [1.82, 2.24) is 0 Å². The van der Waals surface area contributed by atoms with E-state index in [-0.39, 0.29) is 29.7 Å². The maximum atomic E-state index is 12.9. The van der Waals surface area contributed by atoms with Crippen LogP contribution in [0.25, 0.3) is 0 Å². The van der Waals surface area contributed by atoms with Crippen LogP contribution in [-0.4, -0.2) is 51.2 Å². The standard InChI is InChI=1S/C16H14O7/c1-7-16-14(21)12-9(3-2-4-10(12)17)13(20)15(16,23-16)6-8(22-7)5-11(18)19/h2-4,7-8,17H,5-6H2,1H3,(H,18,19)/t7-,8+,15+,16+/m1/s1. The molecule has 2 aliphatic heterocycles. The number of phenolic OH excluding ortho intramolecular Hbond substituents is 1. The molecule has 2 N–H and O–H groups in total. The van der Waals surface area contributed by atoms with Crippen molar-refractivity contribution in [3.05, 3.63) is 29.3 Å². The number of aromatic hydroxyl groups is 1. The van der Waals surface area contributed by atoms with Crippen LogP contribution in [0.1, 0.15) is 40.5 Å². The number of hydrogen-bond donors (Lipinski definition) is 2. The molecule has 3 aliphatic rings. The molecule has 0 amide bonds. The van der Waals surface area contributed by atoms with E-state index in [9.17, 15) is 19.5 Å². The molecule has 2 fully saturated rings. The van der Waals surface area contributed by atoms with Gasteiger partial charge in [0.25, 0.3) is 0 Å². The molecule has 0 saturated carbocycles. The number of carboxylic acid groups (broad SMARTS) is 1. The molecular formula is C16H14O7. The number of hydrogen-bond acceptors (Lipinski definition) is 6. The largest absolute Gasteiger partial charge is 0.507 e. The fourth-order valence-electron chi connectivity index (χ4n) is 4.02. The molecule has 1 aliphatic carbocycles. The van der Waals surface area contributed by atoms with E-state index in [0.717, 1.165) is 0 Å². The Bertz CT molecular complexity index is 770. The SMILES string of the molecule is C[C@H]1O[C@@H](CC(=O)O)C[C@@]23O[C@]12C(=O)c1c(O)cccc1C3=O. The van der Waals surface area contributed by atoms with Crippen LogP contribution in [0.2, 0.25) is 0 Å². The molecule has 0 bridgehead atoms. The lowest BCUT2D eigenvalue weighted by atomic mass is 9.68. The zero-order valence-electron chi connectivity index (χ0n) is 12.2. The maximum absolute atomic E-state index is 12.9. The number of carboxylic acids is 1. The average Bonchev–Trinajstić information content (AvgIpc) is 3.17. The molecule has 2 saturated heterocycles. The molecule has 7 heteroatoms. The van der Waals surface area contributed by atoms with E-state index in [2.05, 4.69) is 0 Å². The first-order valence-electron chi connectivity index (χ1n) is 7.32. The van der Waals surface area contributed by atoms with E-state index >= 15 is 0 Å². The number of carbonyl (C=O) groups is 3. The van der Waals surface area contributed by atoms with Crippen LogP contribution in [0.3, 0.4) is 0 Å². The molecule has 0 unspecified atom stereocenters. The number of ketones is 2. The minimum Gasteiger partial charge on any atom is -0.507 e. The summed E-state index contributed by atoms with van der Waals surface area (Å²) >= 11 is 0. The van der Waals surface area contributed by atoms with Crippen LogP contribution in [0, 0.1) is 0 Å². The summed E-state index contributed by atoms with van der Waals surface area (Å²) in [6.07, 6.45) is -1.72. The highest BCUT2D eigenvalue weighted by atomic mass is 16.7. The molecular weight excluding hydrogens is 304 g/mol.